The number of aryl methyl sites for hydroxylation is 2. The van der Waals surface area contributed by atoms with Crippen LogP contribution in [0.5, 0.6) is 0 Å². The van der Waals surface area contributed by atoms with E-state index in [0.717, 1.165) is 36.0 Å². The van der Waals surface area contributed by atoms with Crippen molar-refractivity contribution in [3.05, 3.63) is 41.0 Å². The van der Waals surface area contributed by atoms with Crippen molar-refractivity contribution in [1.29, 1.82) is 0 Å². The molecule has 0 atom stereocenters. The van der Waals surface area contributed by atoms with E-state index >= 15 is 0 Å². The highest BCUT2D eigenvalue weighted by molar-refractivity contribution is 5.57. The fourth-order valence-electron chi connectivity index (χ4n) is 2.08. The van der Waals surface area contributed by atoms with Crippen molar-refractivity contribution in [2.75, 3.05) is 17.2 Å². The Labute approximate surface area is 126 Å². The van der Waals surface area contributed by atoms with Gasteiger partial charge in [-0.05, 0) is 44.4 Å². The van der Waals surface area contributed by atoms with E-state index in [4.69, 9.17) is 0 Å². The van der Waals surface area contributed by atoms with Gasteiger partial charge in [-0.1, -0.05) is 6.92 Å². The topological polar surface area (TPSA) is 62.7 Å². The summed E-state index contributed by atoms with van der Waals surface area (Å²) in [7, 11) is 0. The van der Waals surface area contributed by atoms with Crippen LogP contribution in [0.1, 0.15) is 35.9 Å². The maximum Gasteiger partial charge on any atom is 0.135 e. The molecule has 2 aromatic rings. The minimum Gasteiger partial charge on any atom is -0.370 e. The normalized spacial score (nSPS) is 10.5. The van der Waals surface area contributed by atoms with E-state index in [1.807, 2.05) is 32.3 Å². The first-order valence-electron chi connectivity index (χ1n) is 7.34. The molecule has 0 unspecified atom stereocenters. The summed E-state index contributed by atoms with van der Waals surface area (Å²) in [6.07, 6.45) is 4.77. The maximum absolute atomic E-state index is 4.50. The van der Waals surface area contributed by atoms with Crippen molar-refractivity contribution < 1.29 is 0 Å². The van der Waals surface area contributed by atoms with Crippen molar-refractivity contribution in [3.8, 4) is 0 Å². The summed E-state index contributed by atoms with van der Waals surface area (Å²) in [4.78, 5) is 13.1. The van der Waals surface area contributed by atoms with Gasteiger partial charge < -0.3 is 10.6 Å². The molecule has 2 rings (SSSR count). The summed E-state index contributed by atoms with van der Waals surface area (Å²) < 4.78 is 0. The molecule has 0 fully saturated rings. The molecule has 0 radical (unpaired) electrons. The van der Waals surface area contributed by atoms with E-state index in [1.54, 1.807) is 0 Å². The molecule has 112 valence electrons. The second-order valence-corrected chi connectivity index (χ2v) is 5.18. The predicted octanol–water partition coefficient (Wildman–Crippen LogP) is 3.23. The molecule has 0 aliphatic heterocycles. The van der Waals surface area contributed by atoms with Gasteiger partial charge in [-0.25, -0.2) is 9.97 Å². The third kappa shape index (κ3) is 3.90. The third-order valence-electron chi connectivity index (χ3n) is 3.39. The van der Waals surface area contributed by atoms with Crippen molar-refractivity contribution >= 4 is 11.6 Å². The van der Waals surface area contributed by atoms with Crippen molar-refractivity contribution in [2.24, 2.45) is 0 Å². The number of pyridine rings is 1. The van der Waals surface area contributed by atoms with Crippen LogP contribution in [0.3, 0.4) is 0 Å². The van der Waals surface area contributed by atoms with Crippen LogP contribution in [0.4, 0.5) is 11.6 Å². The number of nitrogens with one attached hydrogen (secondary N) is 2. The van der Waals surface area contributed by atoms with Crippen LogP contribution >= 0.6 is 0 Å². The Kier molecular flexibility index (Phi) is 5.09. The zero-order valence-corrected chi connectivity index (χ0v) is 13.2. The lowest BCUT2D eigenvalue weighted by Gasteiger charge is -2.14. The quantitative estimate of drug-likeness (QED) is 0.853. The predicted molar refractivity (Wildman–Crippen MR) is 86.6 cm³/mol. The van der Waals surface area contributed by atoms with Crippen LogP contribution in [0.25, 0.3) is 0 Å². The first-order chi connectivity index (χ1) is 10.1. The van der Waals surface area contributed by atoms with E-state index in [0.29, 0.717) is 6.54 Å². The largest absolute Gasteiger partial charge is 0.370 e. The van der Waals surface area contributed by atoms with Gasteiger partial charge in [0, 0.05) is 31.0 Å². The van der Waals surface area contributed by atoms with Crippen LogP contribution in [-0.2, 0) is 6.54 Å². The molecule has 21 heavy (non-hydrogen) atoms. The van der Waals surface area contributed by atoms with E-state index in [-0.39, 0.29) is 0 Å². The summed E-state index contributed by atoms with van der Waals surface area (Å²) in [5.74, 6) is 2.56. The zero-order chi connectivity index (χ0) is 15.2. The SMILES string of the molecule is CCCNc1nc(C)nc(NCc2cnccc2C)c1C. The van der Waals surface area contributed by atoms with Gasteiger partial charge in [0.15, 0.2) is 0 Å². The van der Waals surface area contributed by atoms with Gasteiger partial charge in [-0.3, -0.25) is 4.98 Å². The molecule has 0 aliphatic rings. The lowest BCUT2D eigenvalue weighted by atomic mass is 10.1. The van der Waals surface area contributed by atoms with Crippen molar-refractivity contribution in [1.82, 2.24) is 15.0 Å². The highest BCUT2D eigenvalue weighted by Crippen LogP contribution is 2.20. The summed E-state index contributed by atoms with van der Waals surface area (Å²) >= 11 is 0. The van der Waals surface area contributed by atoms with Crippen LogP contribution < -0.4 is 10.6 Å². The summed E-state index contributed by atoms with van der Waals surface area (Å²) in [6, 6.07) is 2.02. The molecule has 0 spiro atoms. The van der Waals surface area contributed by atoms with Gasteiger partial charge >= 0.3 is 0 Å². The maximum atomic E-state index is 4.50. The van der Waals surface area contributed by atoms with Gasteiger partial charge in [0.2, 0.25) is 0 Å². The van der Waals surface area contributed by atoms with E-state index in [9.17, 15) is 0 Å². The molecule has 5 heteroatoms. The molecule has 0 aromatic carbocycles. The van der Waals surface area contributed by atoms with Gasteiger partial charge in [0.1, 0.15) is 17.5 Å². The Balaban J connectivity index is 2.16. The van der Waals surface area contributed by atoms with Crippen molar-refractivity contribution in [3.63, 3.8) is 0 Å². The second-order valence-electron chi connectivity index (χ2n) is 5.18. The van der Waals surface area contributed by atoms with Crippen LogP contribution in [0.2, 0.25) is 0 Å². The first-order valence-corrected chi connectivity index (χ1v) is 7.34. The Morgan fingerprint density at radius 3 is 2.43 bits per heavy atom. The molecule has 2 N–H and O–H groups in total. The van der Waals surface area contributed by atoms with Gasteiger partial charge in [-0.15, -0.1) is 0 Å². The monoisotopic (exact) mass is 285 g/mol. The number of hydrogen-bond donors (Lipinski definition) is 2. The number of aromatic nitrogens is 3. The lowest BCUT2D eigenvalue weighted by Crippen LogP contribution is -2.11. The Hall–Kier alpha value is -2.17. The first kappa shape index (κ1) is 15.2. The zero-order valence-electron chi connectivity index (χ0n) is 13.2. The van der Waals surface area contributed by atoms with Crippen LogP contribution in [0, 0.1) is 20.8 Å². The highest BCUT2D eigenvalue weighted by atomic mass is 15.1. The fourth-order valence-corrected chi connectivity index (χ4v) is 2.08. The second kappa shape index (κ2) is 7.02. The van der Waals surface area contributed by atoms with Crippen LogP contribution in [0.15, 0.2) is 18.5 Å². The lowest BCUT2D eigenvalue weighted by molar-refractivity contribution is 0.941. The van der Waals surface area contributed by atoms with Crippen molar-refractivity contribution in [2.45, 2.75) is 40.7 Å². The minimum absolute atomic E-state index is 0.712. The van der Waals surface area contributed by atoms with Gasteiger partial charge in [0.25, 0.3) is 0 Å². The molecule has 0 saturated carbocycles. The molecule has 2 aromatic heterocycles. The third-order valence-corrected chi connectivity index (χ3v) is 3.39. The molecular formula is C16H23N5. The number of anilines is 2. The number of rotatable bonds is 6. The van der Waals surface area contributed by atoms with E-state index in [1.165, 1.54) is 11.1 Å². The average Bonchev–Trinajstić information content (AvgIpc) is 2.47. The summed E-state index contributed by atoms with van der Waals surface area (Å²) in [6.45, 7) is 9.81. The summed E-state index contributed by atoms with van der Waals surface area (Å²) in [5, 5.41) is 6.75. The fraction of sp³-hybridized carbons (Fsp3) is 0.438. The van der Waals surface area contributed by atoms with Gasteiger partial charge in [0.05, 0.1) is 0 Å². The Morgan fingerprint density at radius 2 is 1.76 bits per heavy atom. The standard InChI is InChI=1S/C16H23N5/c1-5-7-18-15-12(3)16(21-13(4)20-15)19-10-14-9-17-8-6-11(14)2/h6,8-9H,5,7,10H2,1-4H3,(H2,18,19,20,21). The molecule has 0 amide bonds. The molecule has 0 saturated heterocycles. The highest BCUT2D eigenvalue weighted by Gasteiger charge is 2.09. The average molecular weight is 285 g/mol. The molecule has 2 heterocycles. The summed E-state index contributed by atoms with van der Waals surface area (Å²) in [5.41, 5.74) is 3.46. The molecule has 5 nitrogen and oxygen atoms in total. The van der Waals surface area contributed by atoms with Crippen LogP contribution in [-0.4, -0.2) is 21.5 Å². The molecule has 0 aliphatic carbocycles. The minimum atomic E-state index is 0.712. The van der Waals surface area contributed by atoms with E-state index < -0.39 is 0 Å². The molecular weight excluding hydrogens is 262 g/mol. The number of hydrogen-bond acceptors (Lipinski definition) is 5. The molecule has 0 bridgehead atoms. The Morgan fingerprint density at radius 1 is 1.05 bits per heavy atom. The van der Waals surface area contributed by atoms with E-state index in [2.05, 4.69) is 39.4 Å². The van der Waals surface area contributed by atoms with Gasteiger partial charge in [-0.2, -0.15) is 0 Å². The Bertz CT molecular complexity index is 610. The number of nitrogens with zero attached hydrogens (tertiary/aromatic N) is 3. The smallest absolute Gasteiger partial charge is 0.135 e.